The van der Waals surface area contributed by atoms with E-state index in [4.69, 9.17) is 9.26 Å². The molecule has 3 rings (SSSR count). The number of nitrogens with one attached hydrogen (secondary N) is 2. The highest BCUT2D eigenvalue weighted by atomic mass is 19.4. The maximum absolute atomic E-state index is 13.5. The number of aromatic nitrogens is 1. The van der Waals surface area contributed by atoms with E-state index in [0.29, 0.717) is 23.1 Å². The summed E-state index contributed by atoms with van der Waals surface area (Å²) in [4.78, 5) is 52.6. The van der Waals surface area contributed by atoms with E-state index in [1.165, 1.54) is 25.9 Å². The second kappa shape index (κ2) is 11.4. The van der Waals surface area contributed by atoms with Crippen LogP contribution in [-0.2, 0) is 14.4 Å². The molecule has 3 amide bonds. The Labute approximate surface area is 217 Å². The van der Waals surface area contributed by atoms with Crippen LogP contribution in [0.25, 0.3) is 11.0 Å². The lowest BCUT2D eigenvalue weighted by atomic mass is 9.98. The van der Waals surface area contributed by atoms with Gasteiger partial charge >= 0.3 is 6.18 Å². The summed E-state index contributed by atoms with van der Waals surface area (Å²) in [6.45, 7) is 6.35. The lowest BCUT2D eigenvalue weighted by molar-refractivity contribution is -0.175. The molecule has 1 aliphatic heterocycles. The van der Waals surface area contributed by atoms with Gasteiger partial charge in [0.1, 0.15) is 17.8 Å². The molecular formula is C25H31F3N4O6. The van der Waals surface area contributed by atoms with Gasteiger partial charge in [0.15, 0.2) is 11.3 Å². The number of amides is 3. The average Bonchev–Trinajstić information content (AvgIpc) is 3.50. The number of benzene rings is 1. The van der Waals surface area contributed by atoms with Crippen LogP contribution >= 0.6 is 0 Å². The maximum Gasteiger partial charge on any atom is 0.452 e. The molecule has 0 spiro atoms. The van der Waals surface area contributed by atoms with E-state index in [1.807, 2.05) is 0 Å². The molecule has 3 atom stereocenters. The lowest BCUT2D eigenvalue weighted by Gasteiger charge is -2.31. The summed E-state index contributed by atoms with van der Waals surface area (Å²) in [6, 6.07) is 0.871. The van der Waals surface area contributed by atoms with E-state index >= 15 is 0 Å². The summed E-state index contributed by atoms with van der Waals surface area (Å²) in [7, 11) is 1.47. The molecule has 0 aliphatic carbocycles. The highest BCUT2D eigenvalue weighted by molar-refractivity contribution is 6.06. The Morgan fingerprint density at radius 1 is 1.08 bits per heavy atom. The van der Waals surface area contributed by atoms with E-state index in [2.05, 4.69) is 15.8 Å². The Hall–Kier alpha value is -3.64. The van der Waals surface area contributed by atoms with Gasteiger partial charge in [-0.15, -0.1) is 0 Å². The SMILES string of the molecule is COc1ccc2onc(C(=O)N[C@H](C(=O)N3CCC[C@H]3C(=O)N[C@H](C(=O)C(F)(F)F)C(C)C)C(C)C)c2c1. The molecule has 2 aromatic rings. The summed E-state index contributed by atoms with van der Waals surface area (Å²) >= 11 is 0. The predicted molar refractivity (Wildman–Crippen MR) is 129 cm³/mol. The van der Waals surface area contributed by atoms with E-state index in [-0.39, 0.29) is 18.7 Å². The van der Waals surface area contributed by atoms with Gasteiger partial charge in [0, 0.05) is 6.54 Å². The van der Waals surface area contributed by atoms with Gasteiger partial charge in [-0.1, -0.05) is 32.9 Å². The first-order chi connectivity index (χ1) is 17.8. The summed E-state index contributed by atoms with van der Waals surface area (Å²) in [5.74, 6) is -4.91. The second-order valence-corrected chi connectivity index (χ2v) is 9.87. The Balaban J connectivity index is 1.79. The number of halogens is 3. The molecule has 10 nitrogen and oxygen atoms in total. The van der Waals surface area contributed by atoms with Crippen LogP contribution in [0.15, 0.2) is 22.7 Å². The first-order valence-electron chi connectivity index (χ1n) is 12.2. The van der Waals surface area contributed by atoms with Crippen LogP contribution < -0.4 is 15.4 Å². The third-order valence-corrected chi connectivity index (χ3v) is 6.48. The van der Waals surface area contributed by atoms with Crippen LogP contribution in [0, 0.1) is 11.8 Å². The monoisotopic (exact) mass is 540 g/mol. The minimum absolute atomic E-state index is 0.0569. The average molecular weight is 541 g/mol. The zero-order valence-corrected chi connectivity index (χ0v) is 21.7. The number of rotatable bonds is 9. The number of carbonyl (C=O) groups excluding carboxylic acids is 4. The fourth-order valence-electron chi connectivity index (χ4n) is 4.37. The molecule has 13 heteroatoms. The lowest BCUT2D eigenvalue weighted by Crippen LogP contribution is -2.58. The number of ketones is 1. The fraction of sp³-hybridized carbons (Fsp3) is 0.560. The molecule has 1 aromatic carbocycles. The number of Topliss-reactive ketones (excluding diaryl/α,β-unsaturated/α-hetero) is 1. The highest BCUT2D eigenvalue weighted by Crippen LogP contribution is 2.26. The van der Waals surface area contributed by atoms with Crippen LogP contribution in [0.2, 0.25) is 0 Å². The van der Waals surface area contributed by atoms with Gasteiger partial charge in [0.05, 0.1) is 18.5 Å². The topological polar surface area (TPSA) is 131 Å². The van der Waals surface area contributed by atoms with Gasteiger partial charge in [0.2, 0.25) is 11.8 Å². The number of hydrogen-bond acceptors (Lipinski definition) is 7. The normalized spacial score (nSPS) is 17.5. The van der Waals surface area contributed by atoms with Crippen LogP contribution in [0.5, 0.6) is 5.75 Å². The van der Waals surface area contributed by atoms with Gasteiger partial charge in [-0.2, -0.15) is 13.2 Å². The largest absolute Gasteiger partial charge is 0.497 e. The van der Waals surface area contributed by atoms with Crippen molar-refractivity contribution in [3.63, 3.8) is 0 Å². The third-order valence-electron chi connectivity index (χ3n) is 6.48. The Morgan fingerprint density at radius 3 is 2.32 bits per heavy atom. The Kier molecular flexibility index (Phi) is 8.68. The minimum Gasteiger partial charge on any atom is -0.497 e. The molecule has 0 unspecified atom stereocenters. The van der Waals surface area contributed by atoms with E-state index in [9.17, 15) is 32.3 Å². The van der Waals surface area contributed by atoms with Crippen LogP contribution in [0.4, 0.5) is 13.2 Å². The van der Waals surface area contributed by atoms with Crippen LogP contribution in [0.3, 0.4) is 0 Å². The number of hydrogen-bond donors (Lipinski definition) is 2. The van der Waals surface area contributed by atoms with Crippen LogP contribution in [-0.4, -0.2) is 71.5 Å². The number of nitrogens with zero attached hydrogens (tertiary/aromatic N) is 2. The molecule has 1 aromatic heterocycles. The molecule has 0 saturated carbocycles. The zero-order chi connectivity index (χ0) is 28.4. The van der Waals surface area contributed by atoms with E-state index in [1.54, 1.807) is 32.0 Å². The summed E-state index contributed by atoms with van der Waals surface area (Å²) in [5, 5.41) is 9.03. The quantitative estimate of drug-likeness (QED) is 0.500. The molecule has 2 heterocycles. The van der Waals surface area contributed by atoms with Crippen molar-refractivity contribution in [3.05, 3.63) is 23.9 Å². The number of methoxy groups -OCH3 is 1. The minimum atomic E-state index is -5.12. The zero-order valence-electron chi connectivity index (χ0n) is 21.7. The molecule has 0 radical (unpaired) electrons. The van der Waals surface area contributed by atoms with Crippen molar-refractivity contribution in [2.45, 2.75) is 64.8 Å². The molecule has 208 valence electrons. The number of alkyl halides is 3. The maximum atomic E-state index is 13.5. The number of fused-ring (bicyclic) bond motifs is 1. The van der Waals surface area contributed by atoms with E-state index in [0.717, 1.165) is 0 Å². The molecule has 1 saturated heterocycles. The molecule has 38 heavy (non-hydrogen) atoms. The Bertz CT molecular complexity index is 1210. The standard InChI is InChI=1S/C25H31F3N4O6/c1-12(2)18(21(33)25(26,27)28)29-22(34)16-7-6-10-32(16)24(36)19(13(3)4)30-23(35)20-15-11-14(37-5)8-9-17(15)38-31-20/h8-9,11-13,16,18-19H,6-7,10H2,1-5H3,(H,29,34)(H,30,35)/t16-,18-,19-/m0/s1. The van der Waals surface area contributed by atoms with Gasteiger partial charge in [0.25, 0.3) is 11.7 Å². The van der Waals surface area contributed by atoms with Crippen molar-refractivity contribution < 1.29 is 41.6 Å². The molecule has 2 N–H and O–H groups in total. The van der Waals surface area contributed by atoms with Crippen molar-refractivity contribution in [1.29, 1.82) is 0 Å². The van der Waals surface area contributed by atoms with Crippen molar-refractivity contribution in [2.75, 3.05) is 13.7 Å². The molecule has 1 fully saturated rings. The molecular weight excluding hydrogens is 509 g/mol. The fourth-order valence-corrected chi connectivity index (χ4v) is 4.37. The van der Waals surface area contributed by atoms with Crippen molar-refractivity contribution in [2.24, 2.45) is 11.8 Å². The number of likely N-dealkylation sites (tertiary alicyclic amines) is 1. The first-order valence-corrected chi connectivity index (χ1v) is 12.2. The second-order valence-electron chi connectivity index (χ2n) is 9.87. The smallest absolute Gasteiger partial charge is 0.452 e. The van der Waals surface area contributed by atoms with E-state index < -0.39 is 59.6 Å². The summed E-state index contributed by atoms with van der Waals surface area (Å²) < 4.78 is 49.5. The van der Waals surface area contributed by atoms with Crippen molar-refractivity contribution >= 4 is 34.5 Å². The highest BCUT2D eigenvalue weighted by Gasteiger charge is 2.46. The predicted octanol–water partition coefficient (Wildman–Crippen LogP) is 2.85. The van der Waals surface area contributed by atoms with Crippen molar-refractivity contribution in [1.82, 2.24) is 20.7 Å². The van der Waals surface area contributed by atoms with Gasteiger partial charge in [-0.25, -0.2) is 0 Å². The van der Waals surface area contributed by atoms with Gasteiger partial charge in [-0.05, 0) is 42.9 Å². The number of carbonyl (C=O) groups is 4. The Morgan fingerprint density at radius 2 is 1.74 bits per heavy atom. The molecule has 0 bridgehead atoms. The van der Waals surface area contributed by atoms with Gasteiger partial charge < -0.3 is 24.8 Å². The van der Waals surface area contributed by atoms with Gasteiger partial charge in [-0.3, -0.25) is 19.2 Å². The first kappa shape index (κ1) is 28.9. The molecule has 1 aliphatic rings. The van der Waals surface area contributed by atoms with Crippen LogP contribution in [0.1, 0.15) is 51.0 Å². The number of ether oxygens (including phenoxy) is 1. The summed E-state index contributed by atoms with van der Waals surface area (Å²) in [6.07, 6.45) is -4.49. The summed E-state index contributed by atoms with van der Waals surface area (Å²) in [5.41, 5.74) is 0.284. The van der Waals surface area contributed by atoms with Crippen molar-refractivity contribution in [3.8, 4) is 5.75 Å². The third kappa shape index (κ3) is 6.08.